The first-order valence-corrected chi connectivity index (χ1v) is 5.74. The molecule has 0 aliphatic rings. The van der Waals surface area contributed by atoms with Gasteiger partial charge in [0.15, 0.2) is 0 Å². The number of aryl methyl sites for hydroxylation is 1. The lowest BCUT2D eigenvalue weighted by atomic mass is 10.2. The molecule has 0 aromatic carbocycles. The quantitative estimate of drug-likeness (QED) is 0.838. The van der Waals surface area contributed by atoms with Crippen LogP contribution < -0.4 is 16.6 Å². The minimum absolute atomic E-state index is 0.157. The molecule has 2 aromatic heterocycles. The lowest BCUT2D eigenvalue weighted by molar-refractivity contribution is 0.712. The summed E-state index contributed by atoms with van der Waals surface area (Å²) in [4.78, 5) is 28.2. The van der Waals surface area contributed by atoms with E-state index in [-0.39, 0.29) is 17.3 Å². The van der Waals surface area contributed by atoms with Crippen molar-refractivity contribution in [3.05, 3.63) is 33.1 Å². The van der Waals surface area contributed by atoms with E-state index in [0.29, 0.717) is 16.7 Å². The van der Waals surface area contributed by atoms with Crippen molar-refractivity contribution in [3.8, 4) is 0 Å². The number of aromatic nitrogens is 3. The van der Waals surface area contributed by atoms with Crippen molar-refractivity contribution >= 4 is 16.7 Å². The summed E-state index contributed by atoms with van der Waals surface area (Å²) >= 11 is 0. The number of pyridine rings is 1. The topological polar surface area (TPSA) is 68.9 Å². The van der Waals surface area contributed by atoms with Gasteiger partial charge < -0.3 is 5.32 Å². The fourth-order valence-corrected chi connectivity index (χ4v) is 1.91. The zero-order chi connectivity index (χ0) is 13.4. The molecule has 0 spiro atoms. The average molecular weight is 248 g/mol. The number of anilines is 1. The fourth-order valence-electron chi connectivity index (χ4n) is 1.91. The van der Waals surface area contributed by atoms with Crippen molar-refractivity contribution in [2.75, 3.05) is 5.32 Å². The van der Waals surface area contributed by atoms with Crippen molar-refractivity contribution < 1.29 is 0 Å². The summed E-state index contributed by atoms with van der Waals surface area (Å²) in [6, 6.07) is 1.83. The standard InChI is InChI=1S/C12H16N4O2/c1-7(2)14-10-9-8(5-6-13-10)15(3)12(18)16(4)11(9)17/h5-7H,1-4H3,(H,13,14). The van der Waals surface area contributed by atoms with Crippen molar-refractivity contribution in [2.45, 2.75) is 19.9 Å². The Labute approximate surface area is 104 Å². The van der Waals surface area contributed by atoms with E-state index < -0.39 is 0 Å². The molecule has 6 nitrogen and oxygen atoms in total. The molecule has 0 aliphatic heterocycles. The average Bonchev–Trinajstić information content (AvgIpc) is 2.32. The molecule has 0 atom stereocenters. The molecule has 2 heterocycles. The van der Waals surface area contributed by atoms with E-state index in [1.165, 1.54) is 11.6 Å². The van der Waals surface area contributed by atoms with E-state index in [9.17, 15) is 9.59 Å². The van der Waals surface area contributed by atoms with Gasteiger partial charge in [0, 0.05) is 26.3 Å². The Morgan fingerprint density at radius 2 is 1.89 bits per heavy atom. The van der Waals surface area contributed by atoms with Gasteiger partial charge in [-0.25, -0.2) is 9.78 Å². The summed E-state index contributed by atoms with van der Waals surface area (Å²) in [7, 11) is 3.11. The van der Waals surface area contributed by atoms with Crippen LogP contribution in [0, 0.1) is 0 Å². The third-order valence-electron chi connectivity index (χ3n) is 2.81. The van der Waals surface area contributed by atoms with Crippen LogP contribution in [0.1, 0.15) is 13.8 Å². The van der Waals surface area contributed by atoms with Crippen LogP contribution in [-0.4, -0.2) is 20.2 Å². The molecule has 0 saturated carbocycles. The molecule has 0 saturated heterocycles. The summed E-state index contributed by atoms with van der Waals surface area (Å²) in [6.45, 7) is 3.93. The van der Waals surface area contributed by atoms with E-state index >= 15 is 0 Å². The van der Waals surface area contributed by atoms with Gasteiger partial charge in [-0.05, 0) is 19.9 Å². The molecule has 0 fully saturated rings. The number of rotatable bonds is 2. The summed E-state index contributed by atoms with van der Waals surface area (Å²) in [5.74, 6) is 0.513. The lowest BCUT2D eigenvalue weighted by Crippen LogP contribution is -2.37. The van der Waals surface area contributed by atoms with Gasteiger partial charge in [0.2, 0.25) is 0 Å². The molecule has 0 bridgehead atoms. The highest BCUT2D eigenvalue weighted by atomic mass is 16.2. The molecule has 6 heteroatoms. The Morgan fingerprint density at radius 3 is 2.50 bits per heavy atom. The number of hydrogen-bond acceptors (Lipinski definition) is 4. The molecule has 18 heavy (non-hydrogen) atoms. The fraction of sp³-hybridized carbons (Fsp3) is 0.417. The first kappa shape index (κ1) is 12.3. The van der Waals surface area contributed by atoms with Crippen molar-refractivity contribution in [1.29, 1.82) is 0 Å². The second kappa shape index (κ2) is 4.29. The monoisotopic (exact) mass is 248 g/mol. The van der Waals surface area contributed by atoms with Gasteiger partial charge in [0.25, 0.3) is 5.56 Å². The molecule has 0 radical (unpaired) electrons. The normalized spacial score (nSPS) is 11.2. The molecular formula is C12H16N4O2. The molecule has 1 N–H and O–H groups in total. The van der Waals surface area contributed by atoms with Gasteiger partial charge in [0.05, 0.1) is 5.52 Å². The predicted molar refractivity (Wildman–Crippen MR) is 71.0 cm³/mol. The van der Waals surface area contributed by atoms with Gasteiger partial charge in [-0.15, -0.1) is 0 Å². The molecule has 0 amide bonds. The minimum Gasteiger partial charge on any atom is -0.367 e. The van der Waals surface area contributed by atoms with Crippen LogP contribution in [0.2, 0.25) is 0 Å². The Kier molecular flexibility index (Phi) is 2.94. The minimum atomic E-state index is -0.339. The predicted octanol–water partition coefficient (Wildman–Crippen LogP) is 0.452. The molecule has 0 unspecified atom stereocenters. The van der Waals surface area contributed by atoms with Crippen LogP contribution in [0.25, 0.3) is 10.9 Å². The van der Waals surface area contributed by atoms with E-state index in [0.717, 1.165) is 4.57 Å². The zero-order valence-corrected chi connectivity index (χ0v) is 10.9. The lowest BCUT2D eigenvalue weighted by Gasteiger charge is -2.13. The number of hydrogen-bond donors (Lipinski definition) is 1. The number of nitrogens with one attached hydrogen (secondary N) is 1. The van der Waals surface area contributed by atoms with Gasteiger partial charge in [0.1, 0.15) is 11.2 Å². The summed E-state index contributed by atoms with van der Waals surface area (Å²) < 4.78 is 2.54. The highest BCUT2D eigenvalue weighted by Crippen LogP contribution is 2.15. The first-order valence-electron chi connectivity index (χ1n) is 5.74. The van der Waals surface area contributed by atoms with Crippen molar-refractivity contribution in [3.63, 3.8) is 0 Å². The number of nitrogens with zero attached hydrogens (tertiary/aromatic N) is 3. The maximum atomic E-state index is 12.2. The van der Waals surface area contributed by atoms with Crippen LogP contribution in [0.5, 0.6) is 0 Å². The molecular weight excluding hydrogens is 232 g/mol. The smallest absolute Gasteiger partial charge is 0.330 e. The third kappa shape index (κ3) is 1.79. The van der Waals surface area contributed by atoms with Gasteiger partial charge in [-0.3, -0.25) is 13.9 Å². The van der Waals surface area contributed by atoms with E-state index in [1.54, 1.807) is 19.3 Å². The Hall–Kier alpha value is -2.11. The highest BCUT2D eigenvalue weighted by Gasteiger charge is 2.13. The third-order valence-corrected chi connectivity index (χ3v) is 2.81. The highest BCUT2D eigenvalue weighted by molar-refractivity contribution is 5.88. The van der Waals surface area contributed by atoms with Crippen LogP contribution >= 0.6 is 0 Å². The van der Waals surface area contributed by atoms with Gasteiger partial charge in [-0.1, -0.05) is 0 Å². The molecule has 96 valence electrons. The SMILES string of the molecule is CC(C)Nc1nccc2c1c(=O)n(C)c(=O)n2C. The maximum Gasteiger partial charge on any atom is 0.330 e. The maximum absolute atomic E-state index is 12.2. The van der Waals surface area contributed by atoms with Crippen molar-refractivity contribution in [2.24, 2.45) is 14.1 Å². The van der Waals surface area contributed by atoms with E-state index in [1.807, 2.05) is 13.8 Å². The summed E-state index contributed by atoms with van der Waals surface area (Å²) in [5.41, 5.74) is -0.0835. The van der Waals surface area contributed by atoms with Gasteiger partial charge in [-0.2, -0.15) is 0 Å². The molecule has 2 aromatic rings. The molecule has 2 rings (SSSR count). The number of fused-ring (bicyclic) bond motifs is 1. The van der Waals surface area contributed by atoms with Gasteiger partial charge >= 0.3 is 5.69 Å². The largest absolute Gasteiger partial charge is 0.367 e. The van der Waals surface area contributed by atoms with Crippen molar-refractivity contribution in [1.82, 2.24) is 14.1 Å². The van der Waals surface area contributed by atoms with Crippen LogP contribution in [0.4, 0.5) is 5.82 Å². The Balaban J connectivity index is 2.93. The first-order chi connectivity index (χ1) is 8.43. The van der Waals surface area contributed by atoms with Crippen LogP contribution in [0.3, 0.4) is 0 Å². The zero-order valence-electron chi connectivity index (χ0n) is 10.9. The molecule has 0 aliphatic carbocycles. The van der Waals surface area contributed by atoms with E-state index in [2.05, 4.69) is 10.3 Å². The van der Waals surface area contributed by atoms with Crippen LogP contribution in [-0.2, 0) is 14.1 Å². The second-order valence-electron chi connectivity index (χ2n) is 4.56. The Bertz CT molecular complexity index is 712. The second-order valence-corrected chi connectivity index (χ2v) is 4.56. The van der Waals surface area contributed by atoms with E-state index in [4.69, 9.17) is 0 Å². The Morgan fingerprint density at radius 1 is 1.22 bits per heavy atom. The van der Waals surface area contributed by atoms with Crippen LogP contribution in [0.15, 0.2) is 21.9 Å². The summed E-state index contributed by atoms with van der Waals surface area (Å²) in [5, 5.41) is 3.56. The summed E-state index contributed by atoms with van der Waals surface area (Å²) in [6.07, 6.45) is 1.59.